The number of nitrogens with one attached hydrogen (secondary N) is 1. The molecule has 7 nitrogen and oxygen atoms in total. The Morgan fingerprint density at radius 3 is 2.12 bits per heavy atom. The second kappa shape index (κ2) is 8.89. The van der Waals surface area contributed by atoms with E-state index in [2.05, 4.69) is 10.5 Å². The summed E-state index contributed by atoms with van der Waals surface area (Å²) in [5.41, 5.74) is 5.42. The minimum absolute atomic E-state index is 0.0696. The van der Waals surface area contributed by atoms with Crippen LogP contribution in [0.2, 0.25) is 5.02 Å². The number of amides is 3. The number of aromatic hydroxyl groups is 1. The molecule has 1 fully saturated rings. The molecule has 0 spiro atoms. The highest BCUT2D eigenvalue weighted by molar-refractivity contribution is 6.36. The van der Waals surface area contributed by atoms with Crippen LogP contribution in [0.4, 0.5) is 5.69 Å². The van der Waals surface area contributed by atoms with E-state index in [1.807, 2.05) is 48.5 Å². The van der Waals surface area contributed by atoms with Crippen molar-refractivity contribution in [3.05, 3.63) is 130 Å². The van der Waals surface area contributed by atoms with Crippen molar-refractivity contribution in [3.63, 3.8) is 0 Å². The summed E-state index contributed by atoms with van der Waals surface area (Å²) in [6.07, 6.45) is 1.58. The maximum Gasteiger partial charge on any atom is 0.275 e. The van der Waals surface area contributed by atoms with Crippen molar-refractivity contribution < 1.29 is 19.5 Å². The summed E-state index contributed by atoms with van der Waals surface area (Å²) < 4.78 is 0. The molecule has 2 atom stereocenters. The number of carbonyl (C=O) groups excluding carboxylic acids is 3. The van der Waals surface area contributed by atoms with Gasteiger partial charge in [-0.25, -0.2) is 10.3 Å². The van der Waals surface area contributed by atoms with Crippen LogP contribution in [0.3, 0.4) is 0 Å². The Morgan fingerprint density at radius 1 is 0.850 bits per heavy atom. The fourth-order valence-corrected chi connectivity index (χ4v) is 7.06. The van der Waals surface area contributed by atoms with E-state index in [9.17, 15) is 19.5 Å². The lowest BCUT2D eigenvalue weighted by molar-refractivity contribution is -0.122. The van der Waals surface area contributed by atoms with Crippen molar-refractivity contribution in [3.8, 4) is 5.75 Å². The summed E-state index contributed by atoms with van der Waals surface area (Å²) in [4.78, 5) is 42.6. The first kappa shape index (κ1) is 24.3. The second-order valence-electron chi connectivity index (χ2n) is 10.2. The average molecular weight is 548 g/mol. The average Bonchev–Trinajstić information content (AvgIpc) is 3.24. The molecule has 4 aliphatic rings. The van der Waals surface area contributed by atoms with Gasteiger partial charge in [-0.15, -0.1) is 0 Å². The minimum Gasteiger partial charge on any atom is -0.507 e. The molecule has 196 valence electrons. The number of phenols is 1. The molecule has 2 N–H and O–H groups in total. The Morgan fingerprint density at radius 2 is 1.45 bits per heavy atom. The Bertz CT molecular complexity index is 1720. The van der Waals surface area contributed by atoms with Gasteiger partial charge >= 0.3 is 0 Å². The molecule has 0 radical (unpaired) electrons. The Kier molecular flexibility index (Phi) is 5.40. The molecule has 40 heavy (non-hydrogen) atoms. The number of carbonyl (C=O) groups is 3. The maximum atomic E-state index is 14.3. The molecule has 3 amide bonds. The normalized spacial score (nSPS) is 24.1. The van der Waals surface area contributed by atoms with Crippen LogP contribution in [0.15, 0.2) is 102 Å². The van der Waals surface area contributed by atoms with E-state index in [-0.39, 0.29) is 29.0 Å². The number of para-hydroxylation sites is 2. The van der Waals surface area contributed by atoms with Gasteiger partial charge in [-0.1, -0.05) is 84.4 Å². The van der Waals surface area contributed by atoms with Crippen molar-refractivity contribution in [1.29, 1.82) is 0 Å². The van der Waals surface area contributed by atoms with Crippen LogP contribution >= 0.6 is 11.6 Å². The molecule has 0 unspecified atom stereocenters. The van der Waals surface area contributed by atoms with Gasteiger partial charge in [0.05, 0.1) is 33.5 Å². The van der Waals surface area contributed by atoms with Gasteiger partial charge in [0.25, 0.3) is 5.91 Å². The third-order valence-corrected chi connectivity index (χ3v) is 8.68. The van der Waals surface area contributed by atoms with Crippen LogP contribution < -0.4 is 10.3 Å². The number of rotatable bonds is 4. The third-order valence-electron chi connectivity index (χ3n) is 8.36. The highest BCUT2D eigenvalue weighted by atomic mass is 35.5. The van der Waals surface area contributed by atoms with E-state index < -0.39 is 23.2 Å². The first-order valence-corrected chi connectivity index (χ1v) is 13.3. The Balaban J connectivity index is 1.42. The number of halogens is 1. The Hall–Kier alpha value is -4.75. The molecule has 4 aromatic carbocycles. The third kappa shape index (κ3) is 3.18. The predicted octanol–water partition coefficient (Wildman–Crippen LogP) is 5.01. The monoisotopic (exact) mass is 547 g/mol. The summed E-state index contributed by atoms with van der Waals surface area (Å²) >= 11 is 6.48. The number of anilines is 1. The van der Waals surface area contributed by atoms with Crippen LogP contribution in [0.25, 0.3) is 0 Å². The largest absolute Gasteiger partial charge is 0.507 e. The molecule has 1 aliphatic heterocycles. The molecule has 8 heteroatoms. The van der Waals surface area contributed by atoms with Crippen molar-refractivity contribution in [2.45, 2.75) is 11.3 Å². The zero-order chi connectivity index (χ0) is 27.6. The first-order chi connectivity index (χ1) is 19.4. The highest BCUT2D eigenvalue weighted by Gasteiger charge is 2.68. The molecule has 8 rings (SSSR count). The van der Waals surface area contributed by atoms with Gasteiger partial charge in [0.2, 0.25) is 11.8 Å². The van der Waals surface area contributed by atoms with E-state index >= 15 is 0 Å². The van der Waals surface area contributed by atoms with Crippen LogP contribution in [0.5, 0.6) is 5.75 Å². The SMILES string of the molecule is O=C(N/N=C/C12c3ccccc3C(c3ccccc31)[C@H]1C(=O)N(c3ccccc3Cl)C(=O)[C@@H]12)c1ccccc1O. The van der Waals surface area contributed by atoms with Crippen LogP contribution in [-0.4, -0.2) is 29.0 Å². The van der Waals surface area contributed by atoms with Gasteiger partial charge < -0.3 is 5.11 Å². The standard InChI is InChI=1S/C32H22ClN3O4/c33-23-14-6-7-15-24(23)36-30(39)27-26-18-9-1-4-12-21(18)32(28(27)31(36)40,22-13-5-2-10-19(22)26)17-34-35-29(38)20-11-3-8-16-25(20)37/h1-17,26-28,37H,(H,35,38)/b34-17+/t26?,27-,28-,32?/m1/s1. The van der Waals surface area contributed by atoms with Crippen molar-refractivity contribution >= 4 is 41.2 Å². The molecular formula is C32H22ClN3O4. The van der Waals surface area contributed by atoms with Crippen LogP contribution in [-0.2, 0) is 15.0 Å². The number of hydrogen-bond acceptors (Lipinski definition) is 5. The Labute approximate surface area is 234 Å². The molecule has 0 aromatic heterocycles. The van der Waals surface area contributed by atoms with Gasteiger partial charge in [0.15, 0.2) is 0 Å². The number of hydrogen-bond donors (Lipinski definition) is 2. The van der Waals surface area contributed by atoms with Gasteiger partial charge in [-0.05, 0) is 46.5 Å². The number of benzene rings is 4. The fraction of sp³-hybridized carbons (Fsp3) is 0.125. The molecular weight excluding hydrogens is 526 g/mol. The molecule has 1 saturated heterocycles. The summed E-state index contributed by atoms with van der Waals surface area (Å²) in [5, 5.41) is 14.8. The zero-order valence-electron chi connectivity index (χ0n) is 21.0. The lowest BCUT2D eigenvalue weighted by atomic mass is 9.47. The van der Waals surface area contributed by atoms with Gasteiger partial charge in [0.1, 0.15) is 5.75 Å². The van der Waals surface area contributed by atoms with Gasteiger partial charge in [0, 0.05) is 12.1 Å². The predicted molar refractivity (Wildman–Crippen MR) is 150 cm³/mol. The fourth-order valence-electron chi connectivity index (χ4n) is 6.84. The number of hydrazone groups is 1. The van der Waals surface area contributed by atoms with Gasteiger partial charge in [-0.3, -0.25) is 14.4 Å². The summed E-state index contributed by atoms with van der Waals surface area (Å²) in [7, 11) is 0. The van der Waals surface area contributed by atoms with E-state index in [0.717, 1.165) is 22.3 Å². The number of imide groups is 1. The molecule has 1 heterocycles. The summed E-state index contributed by atoms with van der Waals surface area (Å²) in [6, 6.07) is 28.6. The highest BCUT2D eigenvalue weighted by Crippen LogP contribution is 2.63. The topological polar surface area (TPSA) is 99.1 Å². The lowest BCUT2D eigenvalue weighted by Crippen LogP contribution is -2.54. The second-order valence-corrected chi connectivity index (χ2v) is 10.6. The molecule has 2 bridgehead atoms. The maximum absolute atomic E-state index is 14.3. The minimum atomic E-state index is -1.14. The zero-order valence-corrected chi connectivity index (χ0v) is 21.7. The van der Waals surface area contributed by atoms with Crippen LogP contribution in [0.1, 0.15) is 38.5 Å². The van der Waals surface area contributed by atoms with E-state index in [1.54, 1.807) is 42.6 Å². The van der Waals surface area contributed by atoms with E-state index in [1.165, 1.54) is 17.0 Å². The van der Waals surface area contributed by atoms with Crippen molar-refractivity contribution in [2.24, 2.45) is 16.9 Å². The molecule has 3 aliphatic carbocycles. The summed E-state index contributed by atoms with van der Waals surface area (Å²) in [6.45, 7) is 0. The van der Waals surface area contributed by atoms with Gasteiger partial charge in [-0.2, -0.15) is 5.10 Å². The molecule has 0 saturated carbocycles. The van der Waals surface area contributed by atoms with Crippen molar-refractivity contribution in [2.75, 3.05) is 4.90 Å². The lowest BCUT2D eigenvalue weighted by Gasteiger charge is -2.52. The molecule has 4 aromatic rings. The number of nitrogens with zero attached hydrogens (tertiary/aromatic N) is 2. The van der Waals surface area contributed by atoms with Crippen molar-refractivity contribution in [1.82, 2.24) is 5.43 Å². The summed E-state index contributed by atoms with van der Waals surface area (Å²) in [5.74, 6) is -3.27. The number of phenolic OH excluding ortho intramolecular Hbond substituents is 1. The smallest absolute Gasteiger partial charge is 0.275 e. The van der Waals surface area contributed by atoms with E-state index in [0.29, 0.717) is 10.7 Å². The van der Waals surface area contributed by atoms with E-state index in [4.69, 9.17) is 11.6 Å². The quantitative estimate of drug-likeness (QED) is 0.213. The van der Waals surface area contributed by atoms with Crippen LogP contribution in [0, 0.1) is 11.8 Å². The first-order valence-electron chi connectivity index (χ1n) is 12.9.